The Morgan fingerprint density at radius 2 is 1.69 bits per heavy atom. The average molecular weight is 404 g/mol. The van der Waals surface area contributed by atoms with Crippen LogP contribution in [0.3, 0.4) is 0 Å². The number of carbonyl (C=O) groups excluding carboxylic acids is 2. The normalized spacial score (nSPS) is 10.3. The van der Waals surface area contributed by atoms with Gasteiger partial charge in [-0.05, 0) is 49.1 Å². The number of amides is 2. The lowest BCUT2D eigenvalue weighted by molar-refractivity contribution is -0.115. The van der Waals surface area contributed by atoms with Gasteiger partial charge in [-0.15, -0.1) is 11.3 Å². The minimum Gasteiger partial charge on any atom is -0.321 e. The van der Waals surface area contributed by atoms with E-state index in [9.17, 15) is 14.9 Å². The van der Waals surface area contributed by atoms with E-state index in [0.717, 1.165) is 33.7 Å². The Kier molecular flexibility index (Phi) is 6.10. The van der Waals surface area contributed by atoms with E-state index in [1.807, 2.05) is 62.4 Å². The van der Waals surface area contributed by atoms with Crippen molar-refractivity contribution in [1.82, 2.24) is 0 Å². The van der Waals surface area contributed by atoms with Gasteiger partial charge in [0.15, 0.2) is 0 Å². The van der Waals surface area contributed by atoms with Gasteiger partial charge in [0.1, 0.15) is 11.1 Å². The van der Waals surface area contributed by atoms with Gasteiger partial charge in [-0.25, -0.2) is 0 Å². The second-order valence-corrected chi connectivity index (χ2v) is 7.80. The Morgan fingerprint density at radius 3 is 2.38 bits per heavy atom. The summed E-state index contributed by atoms with van der Waals surface area (Å²) in [5, 5.41) is 15.6. The Balaban J connectivity index is 1.81. The Bertz CT molecular complexity index is 1110. The summed E-state index contributed by atoms with van der Waals surface area (Å²) >= 11 is 1.12. The number of hydrogen-bond donors (Lipinski definition) is 2. The van der Waals surface area contributed by atoms with Crippen LogP contribution >= 0.6 is 11.3 Å². The van der Waals surface area contributed by atoms with Crippen LogP contribution in [0.4, 0.5) is 10.7 Å². The molecule has 2 aromatic carbocycles. The third-order valence-corrected chi connectivity index (χ3v) is 5.98. The van der Waals surface area contributed by atoms with Crippen molar-refractivity contribution in [2.45, 2.75) is 27.2 Å². The molecule has 0 bridgehead atoms. The third kappa shape index (κ3) is 4.53. The molecule has 0 saturated heterocycles. The molecular weight excluding hydrogens is 382 g/mol. The lowest BCUT2D eigenvalue weighted by atomic mass is 10.1. The molecule has 1 heterocycles. The van der Waals surface area contributed by atoms with Crippen LogP contribution in [0.5, 0.6) is 0 Å². The highest BCUT2D eigenvalue weighted by atomic mass is 32.1. The lowest BCUT2D eigenvalue weighted by Crippen LogP contribution is -2.14. The predicted molar refractivity (Wildman–Crippen MR) is 116 cm³/mol. The monoisotopic (exact) mass is 403 g/mol. The quantitative estimate of drug-likeness (QED) is 0.630. The van der Waals surface area contributed by atoms with Crippen molar-refractivity contribution < 1.29 is 9.59 Å². The van der Waals surface area contributed by atoms with Crippen molar-refractivity contribution in [1.29, 1.82) is 5.26 Å². The molecule has 5 nitrogen and oxygen atoms in total. The number of nitrogens with zero attached hydrogens (tertiary/aromatic N) is 1. The molecule has 0 fully saturated rings. The zero-order chi connectivity index (χ0) is 21.0. The van der Waals surface area contributed by atoms with Gasteiger partial charge < -0.3 is 10.6 Å². The van der Waals surface area contributed by atoms with Crippen LogP contribution in [-0.2, 0) is 11.2 Å². The average Bonchev–Trinajstić information content (AvgIpc) is 3.01. The van der Waals surface area contributed by atoms with E-state index in [0.29, 0.717) is 21.0 Å². The molecule has 29 heavy (non-hydrogen) atoms. The fourth-order valence-corrected chi connectivity index (χ4v) is 4.04. The van der Waals surface area contributed by atoms with Crippen molar-refractivity contribution in [3.05, 3.63) is 81.2 Å². The fraction of sp³-hybridized carbons (Fsp3) is 0.174. The molecule has 0 saturated carbocycles. The van der Waals surface area contributed by atoms with Gasteiger partial charge in [-0.1, -0.05) is 42.5 Å². The van der Waals surface area contributed by atoms with E-state index in [1.54, 1.807) is 6.92 Å². The largest absolute Gasteiger partial charge is 0.321 e. The van der Waals surface area contributed by atoms with Crippen LogP contribution in [0.2, 0.25) is 0 Å². The minimum atomic E-state index is -0.291. The molecular formula is C23H21N3O2S. The van der Waals surface area contributed by atoms with Crippen molar-refractivity contribution >= 4 is 33.8 Å². The first-order valence-corrected chi connectivity index (χ1v) is 9.97. The zero-order valence-electron chi connectivity index (χ0n) is 16.5. The highest BCUT2D eigenvalue weighted by Gasteiger charge is 2.22. The summed E-state index contributed by atoms with van der Waals surface area (Å²) in [6, 6.07) is 17.2. The number of benzene rings is 2. The van der Waals surface area contributed by atoms with Gasteiger partial charge in [0.05, 0.1) is 16.9 Å². The van der Waals surface area contributed by atoms with Gasteiger partial charge in [0.25, 0.3) is 5.91 Å². The van der Waals surface area contributed by atoms with E-state index >= 15 is 0 Å². The van der Waals surface area contributed by atoms with E-state index in [1.165, 1.54) is 0 Å². The highest BCUT2D eigenvalue weighted by Crippen LogP contribution is 2.33. The highest BCUT2D eigenvalue weighted by molar-refractivity contribution is 7.18. The molecule has 0 aliphatic carbocycles. The van der Waals surface area contributed by atoms with E-state index in [4.69, 9.17) is 0 Å². The van der Waals surface area contributed by atoms with Crippen LogP contribution in [0.15, 0.2) is 48.5 Å². The third-order valence-electron chi connectivity index (χ3n) is 4.78. The molecule has 3 aromatic rings. The summed E-state index contributed by atoms with van der Waals surface area (Å²) in [6.07, 6.45) is 0.201. The molecule has 0 unspecified atom stereocenters. The molecule has 0 aliphatic heterocycles. The minimum absolute atomic E-state index is 0.201. The van der Waals surface area contributed by atoms with Crippen molar-refractivity contribution in [2.24, 2.45) is 0 Å². The van der Waals surface area contributed by atoms with Gasteiger partial charge in [0.2, 0.25) is 5.91 Å². The zero-order valence-corrected chi connectivity index (χ0v) is 17.3. The van der Waals surface area contributed by atoms with Crippen molar-refractivity contribution in [2.75, 3.05) is 10.6 Å². The maximum Gasteiger partial charge on any atom is 0.266 e. The lowest BCUT2D eigenvalue weighted by Gasteiger charge is -2.09. The summed E-state index contributed by atoms with van der Waals surface area (Å²) in [6.45, 7) is 5.65. The summed E-state index contributed by atoms with van der Waals surface area (Å²) in [4.78, 5) is 25.6. The van der Waals surface area contributed by atoms with Crippen molar-refractivity contribution in [3.8, 4) is 6.07 Å². The van der Waals surface area contributed by atoms with Gasteiger partial charge >= 0.3 is 0 Å². The number of hydrogen-bond acceptors (Lipinski definition) is 4. The van der Waals surface area contributed by atoms with Crippen LogP contribution < -0.4 is 10.6 Å². The standard InChI is InChI=1S/C23H21N3O2S/c1-14-8-7-11-19(15(14)2)25-22(28)21-16(3)18(13-24)23(29-21)26-20(27)12-17-9-5-4-6-10-17/h4-11H,12H2,1-3H3,(H,25,28)(H,26,27). The fourth-order valence-electron chi connectivity index (χ4n) is 2.97. The number of thiophene rings is 1. The molecule has 2 amide bonds. The van der Waals surface area contributed by atoms with Gasteiger partial charge in [-0.2, -0.15) is 5.26 Å². The summed E-state index contributed by atoms with van der Waals surface area (Å²) in [5.74, 6) is -0.517. The van der Waals surface area contributed by atoms with E-state index < -0.39 is 0 Å². The number of anilines is 2. The Labute approximate surface area is 174 Å². The molecule has 0 spiro atoms. The first-order chi connectivity index (χ1) is 13.9. The van der Waals surface area contributed by atoms with Crippen LogP contribution in [0, 0.1) is 32.1 Å². The molecule has 6 heteroatoms. The summed E-state index contributed by atoms with van der Waals surface area (Å²) < 4.78 is 0. The number of carbonyl (C=O) groups is 2. The number of nitrogens with one attached hydrogen (secondary N) is 2. The molecule has 3 rings (SSSR count). The number of rotatable bonds is 5. The first kappa shape index (κ1) is 20.3. The Hall–Kier alpha value is -3.43. The molecule has 146 valence electrons. The van der Waals surface area contributed by atoms with E-state index in [-0.39, 0.29) is 18.2 Å². The predicted octanol–water partition coefficient (Wildman–Crippen LogP) is 4.98. The molecule has 0 aliphatic rings. The molecule has 0 radical (unpaired) electrons. The van der Waals surface area contributed by atoms with Crippen LogP contribution in [0.1, 0.15) is 37.5 Å². The van der Waals surface area contributed by atoms with Gasteiger partial charge in [0, 0.05) is 5.69 Å². The molecule has 1 aromatic heterocycles. The number of aryl methyl sites for hydroxylation is 1. The second-order valence-electron chi connectivity index (χ2n) is 6.78. The SMILES string of the molecule is Cc1cccc(NC(=O)c2sc(NC(=O)Cc3ccccc3)c(C#N)c2C)c1C. The second kappa shape index (κ2) is 8.72. The summed E-state index contributed by atoms with van der Waals surface area (Å²) in [5.41, 5.74) is 4.57. The van der Waals surface area contributed by atoms with Crippen LogP contribution in [0.25, 0.3) is 0 Å². The van der Waals surface area contributed by atoms with Crippen molar-refractivity contribution in [3.63, 3.8) is 0 Å². The van der Waals surface area contributed by atoms with Gasteiger partial charge in [-0.3, -0.25) is 9.59 Å². The topological polar surface area (TPSA) is 82.0 Å². The molecule has 0 atom stereocenters. The van der Waals surface area contributed by atoms with Crippen LogP contribution in [-0.4, -0.2) is 11.8 Å². The van der Waals surface area contributed by atoms with E-state index in [2.05, 4.69) is 16.7 Å². The summed E-state index contributed by atoms with van der Waals surface area (Å²) in [7, 11) is 0. The maximum atomic E-state index is 12.8. The number of nitriles is 1. The smallest absolute Gasteiger partial charge is 0.266 e. The molecule has 2 N–H and O–H groups in total. The Morgan fingerprint density at radius 1 is 0.966 bits per heavy atom. The first-order valence-electron chi connectivity index (χ1n) is 9.15. The maximum absolute atomic E-state index is 12.8.